The van der Waals surface area contributed by atoms with Crippen LogP contribution in [0.3, 0.4) is 0 Å². The van der Waals surface area contributed by atoms with Gasteiger partial charge in [0.1, 0.15) is 5.75 Å². The Balaban J connectivity index is 1.67. The van der Waals surface area contributed by atoms with Crippen molar-refractivity contribution in [2.24, 2.45) is 0 Å². The highest BCUT2D eigenvalue weighted by Crippen LogP contribution is 2.31. The van der Waals surface area contributed by atoms with Crippen LogP contribution in [0.4, 0.5) is 5.69 Å². The van der Waals surface area contributed by atoms with E-state index in [9.17, 15) is 9.59 Å². The first-order valence-corrected chi connectivity index (χ1v) is 7.94. The molecule has 2 amide bonds. The third-order valence-electron chi connectivity index (χ3n) is 4.09. The summed E-state index contributed by atoms with van der Waals surface area (Å²) in [7, 11) is 0. The predicted octanol–water partition coefficient (Wildman–Crippen LogP) is 1.72. The minimum atomic E-state index is -0.786. The minimum Gasteiger partial charge on any atom is -0.478 e. The van der Waals surface area contributed by atoms with Crippen molar-refractivity contribution in [2.45, 2.75) is 45.5 Å². The van der Waals surface area contributed by atoms with Crippen LogP contribution >= 0.6 is 0 Å². The Hall–Kier alpha value is -2.08. The van der Waals surface area contributed by atoms with Gasteiger partial charge >= 0.3 is 0 Å². The number of benzene rings is 1. The van der Waals surface area contributed by atoms with E-state index in [-0.39, 0.29) is 30.4 Å². The van der Waals surface area contributed by atoms with E-state index in [4.69, 9.17) is 9.47 Å². The van der Waals surface area contributed by atoms with E-state index in [1.165, 1.54) is 0 Å². The quantitative estimate of drug-likeness (QED) is 0.901. The van der Waals surface area contributed by atoms with Crippen LogP contribution < -0.4 is 10.1 Å². The number of hydrogen-bond donors (Lipinski definition) is 1. The SMILES string of the molecule is Cc1ccc2c(c1)NC(=O)C(CC(=O)N1CC(C)OC(C)C1)O2. The first-order valence-electron chi connectivity index (χ1n) is 7.94. The maximum Gasteiger partial charge on any atom is 0.266 e. The second-order valence-corrected chi connectivity index (χ2v) is 6.36. The van der Waals surface area contributed by atoms with E-state index in [1.54, 1.807) is 4.90 Å². The van der Waals surface area contributed by atoms with Crippen molar-refractivity contribution in [1.82, 2.24) is 4.90 Å². The summed E-state index contributed by atoms with van der Waals surface area (Å²) in [6.45, 7) is 6.93. The molecule has 23 heavy (non-hydrogen) atoms. The molecule has 6 heteroatoms. The Kier molecular flexibility index (Phi) is 4.26. The fraction of sp³-hybridized carbons (Fsp3) is 0.529. The van der Waals surface area contributed by atoms with E-state index >= 15 is 0 Å². The molecule has 0 radical (unpaired) electrons. The molecular formula is C17H22N2O4. The number of nitrogens with zero attached hydrogens (tertiary/aromatic N) is 1. The van der Waals surface area contributed by atoms with Gasteiger partial charge in [-0.3, -0.25) is 9.59 Å². The van der Waals surface area contributed by atoms with E-state index in [0.717, 1.165) is 5.56 Å². The summed E-state index contributed by atoms with van der Waals surface area (Å²) >= 11 is 0. The molecule has 124 valence electrons. The Labute approximate surface area is 135 Å². The molecule has 3 unspecified atom stereocenters. The topological polar surface area (TPSA) is 67.9 Å². The van der Waals surface area contributed by atoms with Gasteiger partial charge in [0.2, 0.25) is 5.91 Å². The molecular weight excluding hydrogens is 296 g/mol. The molecule has 0 spiro atoms. The van der Waals surface area contributed by atoms with Gasteiger partial charge in [-0.05, 0) is 38.5 Å². The van der Waals surface area contributed by atoms with Gasteiger partial charge in [0.15, 0.2) is 6.10 Å². The van der Waals surface area contributed by atoms with Crippen LogP contribution in [0.25, 0.3) is 0 Å². The van der Waals surface area contributed by atoms with Gasteiger partial charge in [-0.25, -0.2) is 0 Å². The Morgan fingerprint density at radius 1 is 1.30 bits per heavy atom. The second kappa shape index (κ2) is 6.20. The van der Waals surface area contributed by atoms with Gasteiger partial charge in [0.05, 0.1) is 24.3 Å². The van der Waals surface area contributed by atoms with Crippen molar-refractivity contribution in [2.75, 3.05) is 18.4 Å². The van der Waals surface area contributed by atoms with Crippen molar-refractivity contribution in [1.29, 1.82) is 0 Å². The lowest BCUT2D eigenvalue weighted by atomic mass is 10.1. The number of fused-ring (bicyclic) bond motifs is 1. The fourth-order valence-corrected chi connectivity index (χ4v) is 3.07. The Morgan fingerprint density at radius 3 is 2.70 bits per heavy atom. The molecule has 1 aromatic carbocycles. The number of nitrogens with one attached hydrogen (secondary N) is 1. The molecule has 1 saturated heterocycles. The minimum absolute atomic E-state index is 0.00695. The van der Waals surface area contributed by atoms with Crippen LogP contribution in [0.1, 0.15) is 25.8 Å². The van der Waals surface area contributed by atoms with Crippen LogP contribution in [0, 0.1) is 6.92 Å². The first-order chi connectivity index (χ1) is 10.9. The standard InChI is InChI=1S/C17H22N2O4/c1-10-4-5-14-13(6-10)18-17(21)15(23-14)7-16(20)19-8-11(2)22-12(3)9-19/h4-6,11-12,15H,7-9H2,1-3H3,(H,18,21). The van der Waals surface area contributed by atoms with Crippen LogP contribution in [-0.2, 0) is 14.3 Å². The molecule has 6 nitrogen and oxygen atoms in total. The number of aryl methyl sites for hydroxylation is 1. The number of ether oxygens (including phenoxy) is 2. The maximum absolute atomic E-state index is 12.5. The number of amides is 2. The second-order valence-electron chi connectivity index (χ2n) is 6.36. The Morgan fingerprint density at radius 2 is 2.00 bits per heavy atom. The summed E-state index contributed by atoms with van der Waals surface area (Å²) in [4.78, 5) is 26.4. The highest BCUT2D eigenvalue weighted by Gasteiger charge is 2.33. The van der Waals surface area contributed by atoms with Crippen molar-refractivity contribution in [3.05, 3.63) is 23.8 Å². The normalized spacial score (nSPS) is 27.0. The molecule has 1 N–H and O–H groups in total. The third-order valence-corrected chi connectivity index (χ3v) is 4.09. The molecule has 3 rings (SSSR count). The molecule has 1 fully saturated rings. The fourth-order valence-electron chi connectivity index (χ4n) is 3.07. The number of hydrogen-bond acceptors (Lipinski definition) is 4. The van der Waals surface area contributed by atoms with Gasteiger partial charge < -0.3 is 19.7 Å². The Bertz CT molecular complexity index is 621. The predicted molar refractivity (Wildman–Crippen MR) is 85.4 cm³/mol. The molecule has 0 aliphatic carbocycles. The number of morpholine rings is 1. The highest BCUT2D eigenvalue weighted by atomic mass is 16.5. The van der Waals surface area contributed by atoms with Crippen LogP contribution in [0.2, 0.25) is 0 Å². The largest absolute Gasteiger partial charge is 0.478 e. The van der Waals surface area contributed by atoms with Gasteiger partial charge in [-0.2, -0.15) is 0 Å². The monoisotopic (exact) mass is 318 g/mol. The van der Waals surface area contributed by atoms with Gasteiger partial charge in [-0.1, -0.05) is 6.07 Å². The zero-order valence-electron chi connectivity index (χ0n) is 13.7. The summed E-state index contributed by atoms with van der Waals surface area (Å²) < 4.78 is 11.4. The van der Waals surface area contributed by atoms with Gasteiger partial charge in [-0.15, -0.1) is 0 Å². The molecule has 1 aromatic rings. The van der Waals surface area contributed by atoms with Crippen molar-refractivity contribution < 1.29 is 19.1 Å². The zero-order valence-corrected chi connectivity index (χ0v) is 13.7. The van der Waals surface area contributed by atoms with Crippen LogP contribution in [0.15, 0.2) is 18.2 Å². The summed E-state index contributed by atoms with van der Waals surface area (Å²) in [5, 5.41) is 2.82. The lowest BCUT2D eigenvalue weighted by Crippen LogP contribution is -2.50. The number of carbonyl (C=O) groups excluding carboxylic acids is 2. The summed E-state index contributed by atoms with van der Waals surface area (Å²) in [5.74, 6) is 0.255. The molecule has 3 atom stereocenters. The van der Waals surface area contributed by atoms with Gasteiger partial charge in [0.25, 0.3) is 5.91 Å². The van der Waals surface area contributed by atoms with Crippen LogP contribution in [0.5, 0.6) is 5.75 Å². The summed E-state index contributed by atoms with van der Waals surface area (Å²) in [6, 6.07) is 5.59. The molecule has 2 aliphatic heterocycles. The van der Waals surface area contributed by atoms with Crippen LogP contribution in [-0.4, -0.2) is 48.1 Å². The van der Waals surface area contributed by atoms with Crippen molar-refractivity contribution in [3.8, 4) is 5.75 Å². The smallest absolute Gasteiger partial charge is 0.266 e. The summed E-state index contributed by atoms with van der Waals surface area (Å²) in [6.07, 6.45) is -0.732. The third kappa shape index (κ3) is 3.47. The first kappa shape index (κ1) is 15.8. The molecule has 2 heterocycles. The average molecular weight is 318 g/mol. The molecule has 2 aliphatic rings. The van der Waals surface area contributed by atoms with E-state index in [1.807, 2.05) is 39.0 Å². The average Bonchev–Trinajstić information content (AvgIpc) is 2.47. The van der Waals surface area contributed by atoms with Crippen molar-refractivity contribution >= 4 is 17.5 Å². The number of anilines is 1. The van der Waals surface area contributed by atoms with E-state index in [0.29, 0.717) is 24.5 Å². The lowest BCUT2D eigenvalue weighted by Gasteiger charge is -2.36. The van der Waals surface area contributed by atoms with E-state index in [2.05, 4.69) is 5.32 Å². The maximum atomic E-state index is 12.5. The molecule has 0 saturated carbocycles. The summed E-state index contributed by atoms with van der Waals surface area (Å²) in [5.41, 5.74) is 1.70. The van der Waals surface area contributed by atoms with Gasteiger partial charge in [0, 0.05) is 13.1 Å². The van der Waals surface area contributed by atoms with Crippen molar-refractivity contribution in [3.63, 3.8) is 0 Å². The lowest BCUT2D eigenvalue weighted by molar-refractivity contribution is -0.146. The molecule has 0 bridgehead atoms. The number of rotatable bonds is 2. The van der Waals surface area contributed by atoms with E-state index < -0.39 is 6.10 Å². The zero-order chi connectivity index (χ0) is 16.6. The number of carbonyl (C=O) groups is 2. The highest BCUT2D eigenvalue weighted by molar-refractivity contribution is 6.00. The molecule has 0 aromatic heterocycles.